The summed E-state index contributed by atoms with van der Waals surface area (Å²) in [5, 5.41) is 4.08. The fraction of sp³-hybridized carbons (Fsp3) is 0.696. The third-order valence-electron chi connectivity index (χ3n) is 6.14. The van der Waals surface area contributed by atoms with Gasteiger partial charge in [-0.3, -0.25) is 9.36 Å². The van der Waals surface area contributed by atoms with Crippen LogP contribution in [0.2, 0.25) is 0 Å². The summed E-state index contributed by atoms with van der Waals surface area (Å²) < 4.78 is 24.8. The van der Waals surface area contributed by atoms with Gasteiger partial charge in [0, 0.05) is 24.1 Å². The third-order valence-corrected chi connectivity index (χ3v) is 6.14. The molecular formula is C23H35BN2O7. The molecule has 1 aromatic heterocycles. The molecule has 0 saturated carbocycles. The third kappa shape index (κ3) is 5.61. The molecule has 2 aliphatic rings. The molecule has 1 fully saturated rings. The average molecular weight is 462 g/mol. The average Bonchev–Trinajstić information content (AvgIpc) is 2.92. The molecule has 0 bridgehead atoms. The van der Waals surface area contributed by atoms with Crippen molar-refractivity contribution in [2.75, 3.05) is 13.7 Å². The Morgan fingerprint density at radius 3 is 2.39 bits per heavy atom. The van der Waals surface area contributed by atoms with E-state index in [1.54, 1.807) is 20.8 Å². The number of oxime groups is 1. The van der Waals surface area contributed by atoms with Gasteiger partial charge in [-0.15, -0.1) is 0 Å². The van der Waals surface area contributed by atoms with E-state index < -0.39 is 41.5 Å². The van der Waals surface area contributed by atoms with Gasteiger partial charge in [0.25, 0.3) is 5.56 Å². The molecule has 33 heavy (non-hydrogen) atoms. The number of methoxy groups -OCH3 is 1. The number of carbonyl (C=O) groups is 1. The highest BCUT2D eigenvalue weighted by atomic mass is 16.7. The van der Waals surface area contributed by atoms with Crippen LogP contribution in [-0.2, 0) is 23.7 Å². The van der Waals surface area contributed by atoms with Gasteiger partial charge in [-0.1, -0.05) is 5.16 Å². The van der Waals surface area contributed by atoms with E-state index in [1.807, 2.05) is 27.7 Å². The molecule has 0 N–H and O–H groups in total. The number of rotatable bonds is 6. The molecule has 182 valence electrons. The molecule has 1 aromatic rings. The predicted molar refractivity (Wildman–Crippen MR) is 125 cm³/mol. The zero-order valence-electron chi connectivity index (χ0n) is 20.9. The Bertz CT molecular complexity index is 962. The molecule has 0 aliphatic carbocycles. The van der Waals surface area contributed by atoms with Gasteiger partial charge in [0.1, 0.15) is 24.0 Å². The number of carbonyl (C=O) groups excluding carboxylic acids is 1. The molecular weight excluding hydrogens is 427 g/mol. The fourth-order valence-corrected chi connectivity index (χ4v) is 3.66. The quantitative estimate of drug-likeness (QED) is 0.474. The SMILES string of the molecule is COc1cn(C(CC2=NOCCC2)C(=O)OC(C)(C)C)c(=O)cc1B1OC(C)(C)C(C)(C)O1. The molecule has 0 amide bonds. The molecule has 0 aromatic carbocycles. The van der Waals surface area contributed by atoms with Crippen LogP contribution >= 0.6 is 0 Å². The highest BCUT2D eigenvalue weighted by Gasteiger charge is 2.52. The Kier molecular flexibility index (Phi) is 7.01. The monoisotopic (exact) mass is 462 g/mol. The number of hydrogen-bond donors (Lipinski definition) is 0. The van der Waals surface area contributed by atoms with Crippen LogP contribution in [-0.4, -0.2) is 53.9 Å². The summed E-state index contributed by atoms with van der Waals surface area (Å²) in [7, 11) is 0.726. The van der Waals surface area contributed by atoms with Crippen molar-refractivity contribution in [2.45, 2.75) is 90.6 Å². The molecule has 2 aliphatic heterocycles. The summed E-state index contributed by atoms with van der Waals surface area (Å²) >= 11 is 0. The Hall–Kier alpha value is -2.33. The lowest BCUT2D eigenvalue weighted by molar-refractivity contribution is -0.159. The summed E-state index contributed by atoms with van der Waals surface area (Å²) in [5.74, 6) is -0.146. The molecule has 0 spiro atoms. The van der Waals surface area contributed by atoms with Crippen LogP contribution in [0.4, 0.5) is 0 Å². The second kappa shape index (κ2) is 9.14. The van der Waals surface area contributed by atoms with Crippen molar-refractivity contribution in [3.05, 3.63) is 22.6 Å². The highest BCUT2D eigenvalue weighted by molar-refractivity contribution is 6.63. The number of pyridine rings is 1. The number of esters is 1. The molecule has 1 atom stereocenters. The second-order valence-electron chi connectivity index (χ2n) is 10.5. The van der Waals surface area contributed by atoms with E-state index in [4.69, 9.17) is 23.6 Å². The van der Waals surface area contributed by atoms with Gasteiger partial charge in [0.15, 0.2) is 0 Å². The largest absolute Gasteiger partial charge is 0.498 e. The van der Waals surface area contributed by atoms with Crippen LogP contribution in [0, 0.1) is 0 Å². The van der Waals surface area contributed by atoms with Crippen molar-refractivity contribution in [2.24, 2.45) is 5.16 Å². The van der Waals surface area contributed by atoms with Gasteiger partial charge in [-0.2, -0.15) is 0 Å². The smallest absolute Gasteiger partial charge is 0.496 e. The lowest BCUT2D eigenvalue weighted by Gasteiger charge is -2.32. The Morgan fingerprint density at radius 2 is 1.88 bits per heavy atom. The van der Waals surface area contributed by atoms with Crippen LogP contribution in [0.15, 0.2) is 22.2 Å². The van der Waals surface area contributed by atoms with Gasteiger partial charge in [-0.25, -0.2) is 4.79 Å². The molecule has 1 saturated heterocycles. The second-order valence-corrected chi connectivity index (χ2v) is 10.5. The minimum atomic E-state index is -0.918. The molecule has 0 radical (unpaired) electrons. The summed E-state index contributed by atoms with van der Waals surface area (Å²) in [6.45, 7) is 13.6. The molecule has 3 heterocycles. The van der Waals surface area contributed by atoms with E-state index in [1.165, 1.54) is 23.9 Å². The van der Waals surface area contributed by atoms with Crippen molar-refractivity contribution in [1.82, 2.24) is 4.57 Å². The molecule has 1 unspecified atom stereocenters. The van der Waals surface area contributed by atoms with E-state index in [0.717, 1.165) is 6.42 Å². The minimum absolute atomic E-state index is 0.202. The van der Waals surface area contributed by atoms with Gasteiger partial charge in [0.2, 0.25) is 0 Å². The van der Waals surface area contributed by atoms with Crippen molar-refractivity contribution in [3.8, 4) is 5.75 Å². The lowest BCUT2D eigenvalue weighted by Crippen LogP contribution is -2.42. The first-order chi connectivity index (χ1) is 15.2. The maximum Gasteiger partial charge on any atom is 0.498 e. The Balaban J connectivity index is 2.01. The molecule has 9 nitrogen and oxygen atoms in total. The number of aromatic nitrogens is 1. The fourth-order valence-electron chi connectivity index (χ4n) is 3.66. The zero-order chi connectivity index (χ0) is 24.6. The first-order valence-electron chi connectivity index (χ1n) is 11.3. The van der Waals surface area contributed by atoms with E-state index >= 15 is 0 Å². The number of hydrogen-bond acceptors (Lipinski definition) is 8. The summed E-state index contributed by atoms with van der Waals surface area (Å²) in [6, 6.07) is 0.482. The van der Waals surface area contributed by atoms with Crippen molar-refractivity contribution in [1.29, 1.82) is 0 Å². The van der Waals surface area contributed by atoms with Crippen LogP contribution in [0.1, 0.15) is 73.8 Å². The van der Waals surface area contributed by atoms with Gasteiger partial charge in [0.05, 0.1) is 24.0 Å². The van der Waals surface area contributed by atoms with Crippen LogP contribution in [0.5, 0.6) is 5.75 Å². The Labute approximate surface area is 195 Å². The molecule has 3 rings (SSSR count). The summed E-state index contributed by atoms with van der Waals surface area (Å²) in [4.78, 5) is 31.6. The van der Waals surface area contributed by atoms with E-state index in [9.17, 15) is 9.59 Å². The van der Waals surface area contributed by atoms with E-state index in [-0.39, 0.29) is 6.42 Å². The minimum Gasteiger partial charge on any atom is -0.496 e. The summed E-state index contributed by atoms with van der Waals surface area (Å²) in [5.41, 5.74) is -1.08. The normalized spacial score (nSPS) is 20.6. The maximum absolute atomic E-state index is 13.3. The lowest BCUT2D eigenvalue weighted by atomic mass is 9.79. The first-order valence-corrected chi connectivity index (χ1v) is 11.3. The van der Waals surface area contributed by atoms with Crippen LogP contribution < -0.4 is 15.8 Å². The van der Waals surface area contributed by atoms with Crippen LogP contribution in [0.3, 0.4) is 0 Å². The van der Waals surface area contributed by atoms with Gasteiger partial charge < -0.3 is 23.6 Å². The summed E-state index contributed by atoms with van der Waals surface area (Å²) in [6.07, 6.45) is 3.21. The van der Waals surface area contributed by atoms with Gasteiger partial charge in [-0.05, 0) is 61.3 Å². The number of ether oxygens (including phenoxy) is 2. The van der Waals surface area contributed by atoms with Crippen molar-refractivity contribution >= 4 is 24.3 Å². The van der Waals surface area contributed by atoms with E-state index in [2.05, 4.69) is 5.16 Å². The van der Waals surface area contributed by atoms with Crippen molar-refractivity contribution < 1.29 is 28.4 Å². The number of nitrogens with zero attached hydrogens (tertiary/aromatic N) is 2. The standard InChI is InChI=1S/C23H35BN2O7/c1-21(2,3)31-20(28)17(12-15-10-9-11-30-25-15)26-14-18(29-8)16(13-19(26)27)24-32-22(4,5)23(6,7)33-24/h13-14,17H,9-12H2,1-8H3. The highest BCUT2D eigenvalue weighted by Crippen LogP contribution is 2.37. The topological polar surface area (TPSA) is 97.6 Å². The predicted octanol–water partition coefficient (Wildman–Crippen LogP) is 2.60. The van der Waals surface area contributed by atoms with Gasteiger partial charge >= 0.3 is 13.1 Å². The maximum atomic E-state index is 13.3. The zero-order valence-corrected chi connectivity index (χ0v) is 20.9. The van der Waals surface area contributed by atoms with Crippen molar-refractivity contribution in [3.63, 3.8) is 0 Å². The first kappa shape index (κ1) is 25.3. The van der Waals surface area contributed by atoms with E-state index in [0.29, 0.717) is 30.0 Å². The van der Waals surface area contributed by atoms with Crippen LogP contribution in [0.25, 0.3) is 0 Å². The molecule has 10 heteroatoms. The Morgan fingerprint density at radius 1 is 1.24 bits per heavy atom.